The van der Waals surface area contributed by atoms with Crippen molar-refractivity contribution in [1.29, 1.82) is 0 Å². The minimum absolute atomic E-state index is 0.0609. The second-order valence-electron chi connectivity index (χ2n) is 2.57. The topological polar surface area (TPSA) is 53.4 Å². The molecular formula is C9H7NO2S. The van der Waals surface area contributed by atoms with Crippen molar-refractivity contribution in [2.24, 2.45) is 0 Å². The van der Waals surface area contributed by atoms with E-state index in [4.69, 9.17) is 5.11 Å². The Hall–Kier alpha value is -1.55. The molecule has 0 fully saturated rings. The Kier molecular flexibility index (Phi) is 1.90. The molecule has 1 aromatic carbocycles. The normalized spacial score (nSPS) is 10.2. The Morgan fingerprint density at radius 2 is 2.08 bits per heavy atom. The largest absolute Gasteiger partial charge is 0.508 e. The van der Waals surface area contributed by atoms with Crippen LogP contribution in [-0.2, 0) is 0 Å². The second-order valence-corrected chi connectivity index (χ2v) is 3.45. The fraction of sp³-hybridized carbons (Fsp3) is 0. The number of rotatable bonds is 1. The molecule has 0 aliphatic carbocycles. The van der Waals surface area contributed by atoms with Crippen LogP contribution >= 0.6 is 11.3 Å². The summed E-state index contributed by atoms with van der Waals surface area (Å²) in [5, 5.41) is 18.5. The molecule has 0 aliphatic heterocycles. The number of phenolic OH excluding ortho intramolecular Hbond substituents is 2. The SMILES string of the molecule is Oc1ccc(-c2cncs2)c(O)c1. The first-order chi connectivity index (χ1) is 6.27. The summed E-state index contributed by atoms with van der Waals surface area (Å²) >= 11 is 1.44. The van der Waals surface area contributed by atoms with Gasteiger partial charge in [-0.1, -0.05) is 0 Å². The number of hydrogen-bond acceptors (Lipinski definition) is 4. The molecule has 0 amide bonds. The predicted octanol–water partition coefficient (Wildman–Crippen LogP) is 2.22. The van der Waals surface area contributed by atoms with E-state index in [9.17, 15) is 5.11 Å². The van der Waals surface area contributed by atoms with E-state index in [1.807, 2.05) is 0 Å². The zero-order valence-corrected chi connectivity index (χ0v) is 7.45. The third kappa shape index (κ3) is 1.48. The van der Waals surface area contributed by atoms with Gasteiger partial charge in [0.1, 0.15) is 11.5 Å². The first kappa shape index (κ1) is 8.07. The van der Waals surface area contributed by atoms with Gasteiger partial charge in [-0.3, -0.25) is 4.98 Å². The Balaban J connectivity index is 2.53. The van der Waals surface area contributed by atoms with E-state index in [1.54, 1.807) is 17.8 Å². The van der Waals surface area contributed by atoms with Crippen LogP contribution in [0.4, 0.5) is 0 Å². The number of phenols is 2. The number of aromatic hydroxyl groups is 2. The zero-order valence-electron chi connectivity index (χ0n) is 6.64. The van der Waals surface area contributed by atoms with Crippen LogP contribution in [0.3, 0.4) is 0 Å². The van der Waals surface area contributed by atoms with E-state index in [2.05, 4.69) is 4.98 Å². The second kappa shape index (κ2) is 3.06. The smallest absolute Gasteiger partial charge is 0.127 e. The molecule has 2 rings (SSSR count). The fourth-order valence-corrected chi connectivity index (χ4v) is 1.73. The van der Waals surface area contributed by atoms with Crippen molar-refractivity contribution in [2.75, 3.05) is 0 Å². The maximum Gasteiger partial charge on any atom is 0.127 e. The van der Waals surface area contributed by atoms with Crippen LogP contribution in [0.15, 0.2) is 29.9 Å². The van der Waals surface area contributed by atoms with Gasteiger partial charge in [0, 0.05) is 17.8 Å². The van der Waals surface area contributed by atoms with Crippen LogP contribution in [0.25, 0.3) is 10.4 Å². The van der Waals surface area contributed by atoms with Gasteiger partial charge in [-0.05, 0) is 12.1 Å². The molecule has 0 atom stereocenters. The van der Waals surface area contributed by atoms with Gasteiger partial charge in [-0.25, -0.2) is 0 Å². The molecule has 2 N–H and O–H groups in total. The van der Waals surface area contributed by atoms with E-state index < -0.39 is 0 Å². The lowest BCUT2D eigenvalue weighted by molar-refractivity contribution is 0.452. The van der Waals surface area contributed by atoms with Crippen molar-refractivity contribution in [3.63, 3.8) is 0 Å². The summed E-state index contributed by atoms with van der Waals surface area (Å²) in [4.78, 5) is 4.79. The fourth-order valence-electron chi connectivity index (χ4n) is 1.08. The van der Waals surface area contributed by atoms with Crippen LogP contribution in [-0.4, -0.2) is 15.2 Å². The molecular weight excluding hydrogens is 186 g/mol. The molecule has 4 heteroatoms. The van der Waals surface area contributed by atoms with Crippen LogP contribution in [0.2, 0.25) is 0 Å². The summed E-state index contributed by atoms with van der Waals surface area (Å²) in [6.07, 6.45) is 1.68. The number of thiazole rings is 1. The average molecular weight is 193 g/mol. The highest BCUT2D eigenvalue weighted by Gasteiger charge is 2.05. The molecule has 3 nitrogen and oxygen atoms in total. The third-order valence-electron chi connectivity index (χ3n) is 1.68. The Bertz CT molecular complexity index is 412. The Morgan fingerprint density at radius 1 is 1.23 bits per heavy atom. The van der Waals surface area contributed by atoms with Crippen LogP contribution < -0.4 is 0 Å². The van der Waals surface area contributed by atoms with Gasteiger partial charge in [0.25, 0.3) is 0 Å². The van der Waals surface area contributed by atoms with Gasteiger partial charge in [0.2, 0.25) is 0 Å². The van der Waals surface area contributed by atoms with Crippen LogP contribution in [0.5, 0.6) is 11.5 Å². The Labute approximate surface area is 78.9 Å². The molecule has 13 heavy (non-hydrogen) atoms. The van der Waals surface area contributed by atoms with E-state index in [0.29, 0.717) is 5.56 Å². The highest BCUT2D eigenvalue weighted by Crippen LogP contribution is 2.33. The van der Waals surface area contributed by atoms with E-state index in [1.165, 1.54) is 23.5 Å². The van der Waals surface area contributed by atoms with Crippen molar-refractivity contribution in [3.8, 4) is 21.9 Å². The summed E-state index contributed by atoms with van der Waals surface area (Å²) in [6.45, 7) is 0. The van der Waals surface area contributed by atoms with Crippen LogP contribution in [0.1, 0.15) is 0 Å². The lowest BCUT2D eigenvalue weighted by atomic mass is 10.2. The maximum absolute atomic E-state index is 9.48. The molecule has 1 heterocycles. The third-order valence-corrected chi connectivity index (χ3v) is 2.49. The minimum atomic E-state index is 0.0609. The number of hydrogen-bond donors (Lipinski definition) is 2. The van der Waals surface area contributed by atoms with Crippen molar-refractivity contribution < 1.29 is 10.2 Å². The van der Waals surface area contributed by atoms with Crippen molar-refractivity contribution in [3.05, 3.63) is 29.9 Å². The first-order valence-corrected chi connectivity index (χ1v) is 4.56. The molecule has 66 valence electrons. The number of aromatic nitrogens is 1. The van der Waals surface area contributed by atoms with Gasteiger partial charge in [0.15, 0.2) is 0 Å². The van der Waals surface area contributed by atoms with Crippen molar-refractivity contribution >= 4 is 11.3 Å². The highest BCUT2D eigenvalue weighted by molar-refractivity contribution is 7.13. The van der Waals surface area contributed by atoms with E-state index in [0.717, 1.165) is 4.88 Å². The predicted molar refractivity (Wildman–Crippen MR) is 50.9 cm³/mol. The molecule has 0 saturated carbocycles. The summed E-state index contributed by atoms with van der Waals surface area (Å²) in [7, 11) is 0. The summed E-state index contributed by atoms with van der Waals surface area (Å²) in [6, 6.07) is 4.52. The summed E-state index contributed by atoms with van der Waals surface area (Å²) in [5.74, 6) is 0.134. The van der Waals surface area contributed by atoms with Gasteiger partial charge in [-0.15, -0.1) is 11.3 Å². The molecule has 0 spiro atoms. The minimum Gasteiger partial charge on any atom is -0.508 e. The molecule has 0 bridgehead atoms. The molecule has 1 aromatic heterocycles. The number of benzene rings is 1. The van der Waals surface area contributed by atoms with Crippen LogP contribution in [0, 0.1) is 0 Å². The summed E-state index contributed by atoms with van der Waals surface area (Å²) in [5.41, 5.74) is 2.39. The molecule has 0 aliphatic rings. The highest BCUT2D eigenvalue weighted by atomic mass is 32.1. The molecule has 2 aromatic rings. The average Bonchev–Trinajstić information content (AvgIpc) is 2.56. The lowest BCUT2D eigenvalue weighted by Gasteiger charge is -2.00. The maximum atomic E-state index is 9.48. The monoisotopic (exact) mass is 193 g/mol. The van der Waals surface area contributed by atoms with Gasteiger partial charge < -0.3 is 10.2 Å². The first-order valence-electron chi connectivity index (χ1n) is 3.68. The van der Waals surface area contributed by atoms with E-state index >= 15 is 0 Å². The summed E-state index contributed by atoms with van der Waals surface area (Å²) < 4.78 is 0. The molecule has 0 saturated heterocycles. The standard InChI is InChI=1S/C9H7NO2S/c11-6-1-2-7(8(12)3-6)9-4-10-5-13-9/h1-5,11-12H. The van der Waals surface area contributed by atoms with Gasteiger partial charge in [0.05, 0.1) is 10.4 Å². The van der Waals surface area contributed by atoms with Crippen molar-refractivity contribution in [1.82, 2.24) is 4.98 Å². The van der Waals surface area contributed by atoms with Gasteiger partial charge >= 0.3 is 0 Å². The van der Waals surface area contributed by atoms with E-state index in [-0.39, 0.29) is 11.5 Å². The zero-order chi connectivity index (χ0) is 9.26. The van der Waals surface area contributed by atoms with Crippen molar-refractivity contribution in [2.45, 2.75) is 0 Å². The quantitative estimate of drug-likeness (QED) is 0.730. The molecule has 0 radical (unpaired) electrons. The Morgan fingerprint density at radius 3 is 2.69 bits per heavy atom. The molecule has 0 unspecified atom stereocenters. The lowest BCUT2D eigenvalue weighted by Crippen LogP contribution is -1.74. The van der Waals surface area contributed by atoms with Gasteiger partial charge in [-0.2, -0.15) is 0 Å². The number of nitrogens with zero attached hydrogens (tertiary/aromatic N) is 1.